The van der Waals surface area contributed by atoms with Crippen molar-refractivity contribution in [3.05, 3.63) is 20.2 Å². The van der Waals surface area contributed by atoms with Crippen LogP contribution in [-0.2, 0) is 33.6 Å². The van der Waals surface area contributed by atoms with Gasteiger partial charge in [0.2, 0.25) is 16.9 Å². The fourth-order valence-electron chi connectivity index (χ4n) is 3.30. The Morgan fingerprint density at radius 3 is 2.28 bits per heavy atom. The minimum atomic E-state index is -0.902. The Morgan fingerprint density at radius 1 is 1.03 bits per heavy atom. The number of nitrogens with zero attached hydrogens (tertiary/aromatic N) is 3. The van der Waals surface area contributed by atoms with Crippen molar-refractivity contribution in [3.8, 4) is 0 Å². The molecule has 2 atom stereocenters. The van der Waals surface area contributed by atoms with Crippen LogP contribution in [0.5, 0.6) is 0 Å². The molecule has 15 nitrogen and oxygen atoms in total. The van der Waals surface area contributed by atoms with Crippen molar-refractivity contribution in [3.63, 3.8) is 0 Å². The maximum absolute atomic E-state index is 12.8. The molecule has 2 amide bonds. The molecule has 1 heterocycles. The van der Waals surface area contributed by atoms with Crippen LogP contribution >= 0.6 is 11.8 Å². The zero-order chi connectivity index (χ0) is 26.9. The molecule has 204 valence electrons. The summed E-state index contributed by atoms with van der Waals surface area (Å²) in [6.07, 6.45) is 2.67. The van der Waals surface area contributed by atoms with E-state index in [9.17, 15) is 39.4 Å². The summed E-state index contributed by atoms with van der Waals surface area (Å²) < 4.78 is 5.20. The highest BCUT2D eigenvalue weighted by Gasteiger charge is 2.37. The van der Waals surface area contributed by atoms with E-state index in [0.29, 0.717) is 45.1 Å². The Hall–Kier alpha value is -3.17. The Labute approximate surface area is 211 Å². The molecule has 36 heavy (non-hydrogen) atoms. The maximum Gasteiger partial charge on any atom is 0.328 e. The smallest absolute Gasteiger partial charge is 0.328 e. The lowest BCUT2D eigenvalue weighted by Gasteiger charge is -2.26. The van der Waals surface area contributed by atoms with Crippen LogP contribution in [0.25, 0.3) is 0 Å². The third kappa shape index (κ3) is 13.1. The van der Waals surface area contributed by atoms with Crippen LogP contribution in [0.4, 0.5) is 0 Å². The predicted octanol–water partition coefficient (Wildman–Crippen LogP) is 0.900. The van der Waals surface area contributed by atoms with Crippen molar-refractivity contribution in [1.29, 1.82) is 0 Å². The van der Waals surface area contributed by atoms with Gasteiger partial charge >= 0.3 is 5.97 Å². The lowest BCUT2D eigenvalue weighted by Crippen LogP contribution is -2.44. The van der Waals surface area contributed by atoms with Crippen LogP contribution in [-0.4, -0.2) is 82.7 Å². The number of carbonyl (C=O) groups is 4. The molecule has 1 rings (SSSR count). The number of hydrogen-bond acceptors (Lipinski definition) is 12. The van der Waals surface area contributed by atoms with E-state index < -0.39 is 28.1 Å². The van der Waals surface area contributed by atoms with E-state index in [2.05, 4.69) is 15.0 Å². The van der Waals surface area contributed by atoms with E-state index in [-0.39, 0.29) is 55.5 Å². The van der Waals surface area contributed by atoms with Gasteiger partial charge in [0.05, 0.1) is 26.4 Å². The topological polar surface area (TPSA) is 198 Å². The number of ether oxygens (including phenoxy) is 1. The zero-order valence-corrected chi connectivity index (χ0v) is 20.9. The van der Waals surface area contributed by atoms with Crippen molar-refractivity contribution in [2.24, 2.45) is 5.92 Å². The molecule has 1 aliphatic heterocycles. The maximum atomic E-state index is 12.8. The summed E-state index contributed by atoms with van der Waals surface area (Å²) in [6, 6.07) is -0.703. The lowest BCUT2D eigenvalue weighted by molar-refractivity contribution is -0.757. The molecule has 1 saturated heterocycles. The van der Waals surface area contributed by atoms with Crippen molar-refractivity contribution in [1.82, 2.24) is 10.2 Å². The van der Waals surface area contributed by atoms with Crippen molar-refractivity contribution in [2.75, 3.05) is 38.7 Å². The Bertz CT molecular complexity index is 783. The molecule has 0 saturated carbocycles. The number of thioether (sulfide) groups is 1. The van der Waals surface area contributed by atoms with E-state index in [0.717, 1.165) is 11.8 Å². The van der Waals surface area contributed by atoms with Crippen molar-refractivity contribution >= 4 is 34.7 Å². The average molecular weight is 537 g/mol. The summed E-state index contributed by atoms with van der Waals surface area (Å²) in [5.41, 5.74) is 0. The summed E-state index contributed by atoms with van der Waals surface area (Å²) >= 11 is 0.910. The van der Waals surface area contributed by atoms with Gasteiger partial charge in [0.25, 0.3) is 10.2 Å². The average Bonchev–Trinajstić information content (AvgIpc) is 3.32. The van der Waals surface area contributed by atoms with Gasteiger partial charge in [0.15, 0.2) is 0 Å². The number of amides is 2. The van der Waals surface area contributed by atoms with Gasteiger partial charge in [-0.05, 0) is 38.5 Å². The Balaban J connectivity index is 2.28. The summed E-state index contributed by atoms with van der Waals surface area (Å²) in [5, 5.41) is 20.5. The van der Waals surface area contributed by atoms with Gasteiger partial charge < -0.3 is 24.6 Å². The number of hydrogen-bond donors (Lipinski definition) is 1. The van der Waals surface area contributed by atoms with Crippen molar-refractivity contribution in [2.45, 2.75) is 57.9 Å². The van der Waals surface area contributed by atoms with Crippen LogP contribution in [0.15, 0.2) is 0 Å². The highest BCUT2D eigenvalue weighted by Crippen LogP contribution is 2.22. The monoisotopic (exact) mass is 536 g/mol. The molecule has 1 N–H and O–H groups in total. The van der Waals surface area contributed by atoms with E-state index >= 15 is 0 Å². The van der Waals surface area contributed by atoms with Gasteiger partial charge in [0.1, 0.15) is 6.04 Å². The minimum Gasteiger partial charge on any atom is -0.464 e. The van der Waals surface area contributed by atoms with Gasteiger partial charge in [-0.1, -0.05) is 18.7 Å². The summed E-state index contributed by atoms with van der Waals surface area (Å²) in [6.45, 7) is 1.73. The van der Waals surface area contributed by atoms with E-state index in [1.54, 1.807) is 6.92 Å². The molecule has 0 spiro atoms. The molecular weight excluding hydrogens is 504 g/mol. The van der Waals surface area contributed by atoms with E-state index in [1.165, 1.54) is 4.90 Å². The first kappa shape index (κ1) is 30.9. The minimum absolute atomic E-state index is 0.0662. The quantitative estimate of drug-likeness (QED) is 0.113. The SMILES string of the molecule is C[C@H](CSC(=O)CNC(=O)CCCCO[N+](=O)[O-])C(=O)N1CCC[C@H]1C(=O)OCCCCO[N+](=O)[O-]. The third-order valence-electron chi connectivity index (χ3n) is 5.13. The molecule has 0 radical (unpaired) electrons. The predicted molar refractivity (Wildman–Crippen MR) is 124 cm³/mol. The Kier molecular flexibility index (Phi) is 14.8. The number of rotatable bonds is 18. The molecule has 0 bridgehead atoms. The van der Waals surface area contributed by atoms with Gasteiger partial charge in [-0.25, -0.2) is 4.79 Å². The largest absolute Gasteiger partial charge is 0.464 e. The summed E-state index contributed by atoms with van der Waals surface area (Å²) in [4.78, 5) is 78.9. The number of carbonyl (C=O) groups excluding carboxylic acids is 4. The van der Waals surface area contributed by atoms with Crippen LogP contribution in [0, 0.1) is 26.1 Å². The second-order valence-electron chi connectivity index (χ2n) is 8.00. The Morgan fingerprint density at radius 2 is 1.64 bits per heavy atom. The van der Waals surface area contributed by atoms with Crippen LogP contribution in [0.3, 0.4) is 0 Å². The second-order valence-corrected chi connectivity index (χ2v) is 9.07. The highest BCUT2D eigenvalue weighted by atomic mass is 32.2. The number of nitrogens with one attached hydrogen (secondary N) is 1. The van der Waals surface area contributed by atoms with Crippen molar-refractivity contribution < 1.29 is 43.8 Å². The third-order valence-corrected chi connectivity index (χ3v) is 6.26. The molecule has 0 unspecified atom stereocenters. The van der Waals surface area contributed by atoms with Crippen LogP contribution in [0.2, 0.25) is 0 Å². The fraction of sp³-hybridized carbons (Fsp3) is 0.800. The fourth-order valence-corrected chi connectivity index (χ4v) is 4.05. The molecule has 0 aromatic carbocycles. The molecule has 0 aromatic rings. The van der Waals surface area contributed by atoms with Gasteiger partial charge in [-0.2, -0.15) is 0 Å². The van der Waals surface area contributed by atoms with Gasteiger partial charge in [0, 0.05) is 24.6 Å². The first-order chi connectivity index (χ1) is 17.1. The summed E-state index contributed by atoms with van der Waals surface area (Å²) in [5.74, 6) is -1.52. The first-order valence-corrected chi connectivity index (χ1v) is 12.5. The molecule has 1 fully saturated rings. The molecule has 16 heteroatoms. The number of unbranched alkanes of at least 4 members (excludes halogenated alkanes) is 2. The first-order valence-electron chi connectivity index (χ1n) is 11.6. The molecule has 1 aliphatic rings. The standard InChI is InChI=1S/C20H32N4O11S/c1-15(14-36-18(26)13-21-17(25)8-2-3-11-34-23(29)30)19(27)22-9-6-7-16(22)20(28)33-10-4-5-12-35-24(31)32/h15-16H,2-14H2,1H3,(H,21,25)/t15-,16+/m1/s1. The lowest BCUT2D eigenvalue weighted by atomic mass is 10.1. The second kappa shape index (κ2) is 17.3. The number of likely N-dealkylation sites (tertiary alicyclic amines) is 1. The molecule has 0 aliphatic carbocycles. The zero-order valence-electron chi connectivity index (χ0n) is 20.1. The molecular formula is C20H32N4O11S. The number of esters is 1. The highest BCUT2D eigenvalue weighted by molar-refractivity contribution is 8.13. The summed E-state index contributed by atoms with van der Waals surface area (Å²) in [7, 11) is 0. The van der Waals surface area contributed by atoms with E-state index in [1.807, 2.05) is 0 Å². The molecule has 0 aromatic heterocycles. The van der Waals surface area contributed by atoms with Crippen LogP contribution < -0.4 is 5.32 Å². The van der Waals surface area contributed by atoms with Gasteiger partial charge in [-0.3, -0.25) is 14.4 Å². The normalized spacial score (nSPS) is 15.6. The van der Waals surface area contributed by atoms with E-state index in [4.69, 9.17) is 4.74 Å². The van der Waals surface area contributed by atoms with Gasteiger partial charge in [-0.15, -0.1) is 20.2 Å². The van der Waals surface area contributed by atoms with Crippen LogP contribution in [0.1, 0.15) is 51.9 Å².